The summed E-state index contributed by atoms with van der Waals surface area (Å²) in [7, 11) is 0. The third-order valence-corrected chi connectivity index (χ3v) is 3.37. The molecule has 4 nitrogen and oxygen atoms in total. The van der Waals surface area contributed by atoms with Crippen molar-refractivity contribution >= 4 is 16.8 Å². The first kappa shape index (κ1) is 9.63. The van der Waals surface area contributed by atoms with E-state index in [1.54, 1.807) is 0 Å². The first-order chi connectivity index (χ1) is 7.75. The van der Waals surface area contributed by atoms with Crippen LogP contribution in [0.2, 0.25) is 0 Å². The smallest absolute Gasteiger partial charge is 0.260 e. The number of pyridine rings is 1. The Labute approximate surface area is 93.8 Å². The highest BCUT2D eigenvalue weighted by molar-refractivity contribution is 5.89. The van der Waals surface area contributed by atoms with Crippen LogP contribution in [0, 0.1) is 6.92 Å². The third kappa shape index (κ3) is 1.37. The van der Waals surface area contributed by atoms with E-state index in [-0.39, 0.29) is 0 Å². The quantitative estimate of drug-likeness (QED) is 0.797. The Bertz CT molecular complexity index is 526. The van der Waals surface area contributed by atoms with Gasteiger partial charge in [-0.1, -0.05) is 18.0 Å². The van der Waals surface area contributed by atoms with Gasteiger partial charge < -0.3 is 10.3 Å². The van der Waals surface area contributed by atoms with Crippen LogP contribution in [0.25, 0.3) is 11.1 Å². The molecule has 1 saturated carbocycles. The van der Waals surface area contributed by atoms with Gasteiger partial charge in [-0.3, -0.25) is 0 Å². The van der Waals surface area contributed by atoms with E-state index in [1.807, 2.05) is 13.0 Å². The standard InChI is InChI=1S/C12H15N3O/c1-7-6-9(13)10-11(8-4-2-3-5-8)15-16-12(10)14-7/h6,8H,2-5H2,1H3,(H2,13,14). The average molecular weight is 217 g/mol. The van der Waals surface area contributed by atoms with Gasteiger partial charge in [0.05, 0.1) is 11.1 Å². The summed E-state index contributed by atoms with van der Waals surface area (Å²) < 4.78 is 5.28. The molecule has 0 radical (unpaired) electrons. The first-order valence-electron chi connectivity index (χ1n) is 5.78. The van der Waals surface area contributed by atoms with E-state index in [1.165, 1.54) is 25.7 Å². The minimum Gasteiger partial charge on any atom is -0.398 e. The molecule has 0 spiro atoms. The first-order valence-corrected chi connectivity index (χ1v) is 5.78. The second kappa shape index (κ2) is 3.47. The van der Waals surface area contributed by atoms with Crippen molar-refractivity contribution in [2.75, 3.05) is 5.73 Å². The Morgan fingerprint density at radius 3 is 2.88 bits per heavy atom. The summed E-state index contributed by atoms with van der Waals surface area (Å²) in [5.41, 5.74) is 9.24. The van der Waals surface area contributed by atoms with Crippen LogP contribution >= 0.6 is 0 Å². The van der Waals surface area contributed by atoms with Crippen molar-refractivity contribution in [3.8, 4) is 0 Å². The Morgan fingerprint density at radius 2 is 2.12 bits per heavy atom. The van der Waals surface area contributed by atoms with Crippen LogP contribution in [-0.4, -0.2) is 10.1 Å². The van der Waals surface area contributed by atoms with Gasteiger partial charge in [0, 0.05) is 17.3 Å². The second-order valence-electron chi connectivity index (χ2n) is 4.58. The van der Waals surface area contributed by atoms with E-state index in [2.05, 4.69) is 10.1 Å². The molecule has 3 rings (SSSR count). The molecule has 1 fully saturated rings. The molecule has 84 valence electrons. The second-order valence-corrected chi connectivity index (χ2v) is 4.58. The van der Waals surface area contributed by atoms with Gasteiger partial charge in [-0.05, 0) is 25.8 Å². The minimum atomic E-state index is 0.507. The fourth-order valence-electron chi connectivity index (χ4n) is 2.61. The molecule has 1 aliphatic carbocycles. The van der Waals surface area contributed by atoms with E-state index >= 15 is 0 Å². The lowest BCUT2D eigenvalue weighted by Gasteiger charge is -2.05. The predicted octanol–water partition coefficient (Wildman–Crippen LogP) is 2.77. The number of hydrogen-bond donors (Lipinski definition) is 1. The molecule has 0 aliphatic heterocycles. The summed E-state index contributed by atoms with van der Waals surface area (Å²) in [6.45, 7) is 1.91. The molecule has 0 aromatic carbocycles. The van der Waals surface area contributed by atoms with Crippen molar-refractivity contribution in [1.29, 1.82) is 0 Å². The summed E-state index contributed by atoms with van der Waals surface area (Å²) in [5, 5.41) is 5.09. The molecule has 16 heavy (non-hydrogen) atoms. The molecule has 2 aromatic rings. The third-order valence-electron chi connectivity index (χ3n) is 3.37. The number of anilines is 1. The van der Waals surface area contributed by atoms with Gasteiger partial charge in [-0.15, -0.1) is 0 Å². The molecule has 1 aliphatic rings. The van der Waals surface area contributed by atoms with Crippen LogP contribution in [0.15, 0.2) is 10.6 Å². The van der Waals surface area contributed by atoms with Gasteiger partial charge in [-0.2, -0.15) is 0 Å². The van der Waals surface area contributed by atoms with Gasteiger partial charge in [0.2, 0.25) is 0 Å². The molecule has 0 amide bonds. The number of rotatable bonds is 1. The zero-order valence-electron chi connectivity index (χ0n) is 9.36. The van der Waals surface area contributed by atoms with Crippen molar-refractivity contribution in [2.45, 2.75) is 38.5 Å². The van der Waals surface area contributed by atoms with Gasteiger partial charge >= 0.3 is 0 Å². The largest absolute Gasteiger partial charge is 0.398 e. The number of nitrogen functional groups attached to an aromatic ring is 1. The summed E-state index contributed by atoms with van der Waals surface area (Å²) >= 11 is 0. The van der Waals surface area contributed by atoms with Crippen molar-refractivity contribution in [1.82, 2.24) is 10.1 Å². The summed E-state index contributed by atoms with van der Waals surface area (Å²) in [6, 6.07) is 1.89. The number of nitrogens with zero attached hydrogens (tertiary/aromatic N) is 2. The number of fused-ring (bicyclic) bond motifs is 1. The SMILES string of the molecule is Cc1cc(N)c2c(C3CCCC3)noc2n1. The van der Waals surface area contributed by atoms with Gasteiger partial charge in [0.15, 0.2) is 0 Å². The fourth-order valence-corrected chi connectivity index (χ4v) is 2.61. The number of hydrogen-bond acceptors (Lipinski definition) is 4. The molecule has 0 atom stereocenters. The molecule has 0 bridgehead atoms. The summed E-state index contributed by atoms with van der Waals surface area (Å²) in [5.74, 6) is 0.507. The van der Waals surface area contributed by atoms with Crippen LogP contribution in [0.4, 0.5) is 5.69 Å². The van der Waals surface area contributed by atoms with Crippen LogP contribution < -0.4 is 5.73 Å². The van der Waals surface area contributed by atoms with Crippen molar-refractivity contribution in [3.63, 3.8) is 0 Å². The van der Waals surface area contributed by atoms with Gasteiger partial charge in [-0.25, -0.2) is 4.98 Å². The zero-order chi connectivity index (χ0) is 11.1. The molecule has 2 N–H and O–H groups in total. The highest BCUT2D eigenvalue weighted by Crippen LogP contribution is 2.38. The molecular weight excluding hydrogens is 202 g/mol. The molecule has 2 aromatic heterocycles. The summed E-state index contributed by atoms with van der Waals surface area (Å²) in [6.07, 6.45) is 4.93. The molecular formula is C12H15N3O. The Kier molecular flexibility index (Phi) is 2.09. The monoisotopic (exact) mass is 217 g/mol. The van der Waals surface area contributed by atoms with Crippen molar-refractivity contribution < 1.29 is 4.52 Å². The van der Waals surface area contributed by atoms with Crippen LogP contribution in [-0.2, 0) is 0 Å². The fraction of sp³-hybridized carbons (Fsp3) is 0.500. The Balaban J connectivity index is 2.18. The minimum absolute atomic E-state index is 0.507. The maximum atomic E-state index is 6.03. The van der Waals surface area contributed by atoms with Crippen molar-refractivity contribution in [2.24, 2.45) is 0 Å². The van der Waals surface area contributed by atoms with Crippen molar-refractivity contribution in [3.05, 3.63) is 17.5 Å². The topological polar surface area (TPSA) is 64.9 Å². The van der Waals surface area contributed by atoms with E-state index in [0.717, 1.165) is 22.5 Å². The van der Waals surface area contributed by atoms with Crippen LogP contribution in [0.1, 0.15) is 43.0 Å². The average Bonchev–Trinajstić information content (AvgIpc) is 2.82. The molecule has 0 unspecified atom stereocenters. The van der Waals surface area contributed by atoms with Crippen LogP contribution in [0.5, 0.6) is 0 Å². The maximum Gasteiger partial charge on any atom is 0.260 e. The molecule has 0 saturated heterocycles. The van der Waals surface area contributed by atoms with Gasteiger partial charge in [0.25, 0.3) is 5.71 Å². The van der Waals surface area contributed by atoms with Crippen LogP contribution in [0.3, 0.4) is 0 Å². The Hall–Kier alpha value is -1.58. The predicted molar refractivity (Wildman–Crippen MR) is 62.2 cm³/mol. The molecule has 4 heteroatoms. The summed E-state index contributed by atoms with van der Waals surface area (Å²) in [4.78, 5) is 4.32. The molecule has 2 heterocycles. The highest BCUT2D eigenvalue weighted by Gasteiger charge is 2.24. The maximum absolute atomic E-state index is 6.03. The normalized spacial score (nSPS) is 17.3. The van der Waals surface area contributed by atoms with E-state index in [9.17, 15) is 0 Å². The Morgan fingerprint density at radius 1 is 1.38 bits per heavy atom. The van der Waals surface area contributed by atoms with E-state index < -0.39 is 0 Å². The zero-order valence-corrected chi connectivity index (χ0v) is 9.36. The number of aryl methyl sites for hydroxylation is 1. The van der Waals surface area contributed by atoms with E-state index in [0.29, 0.717) is 11.6 Å². The van der Waals surface area contributed by atoms with Gasteiger partial charge in [0.1, 0.15) is 0 Å². The highest BCUT2D eigenvalue weighted by atomic mass is 16.5. The number of nitrogens with two attached hydrogens (primary N) is 1. The lowest BCUT2D eigenvalue weighted by molar-refractivity contribution is 0.430. The lowest BCUT2D eigenvalue weighted by Crippen LogP contribution is -1.96. The number of aromatic nitrogens is 2. The lowest BCUT2D eigenvalue weighted by atomic mass is 10.0. The van der Waals surface area contributed by atoms with E-state index in [4.69, 9.17) is 10.3 Å².